The third-order valence-electron chi connectivity index (χ3n) is 0. The fraction of sp³-hybridized carbons (Fsp3) is 0. The van der Waals surface area contributed by atoms with E-state index in [-0.39, 0.29) is 37.2 Å². The van der Waals surface area contributed by atoms with Gasteiger partial charge in [0.15, 0.2) is 0 Å². The summed E-state index contributed by atoms with van der Waals surface area (Å²) in [6.07, 6.45) is 0. The van der Waals surface area contributed by atoms with Crippen LogP contribution in [0.1, 0.15) is 0 Å². The Labute approximate surface area is 68.7 Å². The molecule has 0 rings (SSSR count). The fourth-order valence-electron chi connectivity index (χ4n) is 0. The van der Waals surface area contributed by atoms with E-state index >= 15 is 0 Å². The maximum atomic E-state index is 7.88. The van der Waals surface area contributed by atoms with E-state index < -0.39 is 0 Å². The van der Waals surface area contributed by atoms with Gasteiger partial charge in [-0.1, -0.05) is 0 Å². The van der Waals surface area contributed by atoms with Gasteiger partial charge in [-0.2, -0.15) is 0 Å². The zero-order valence-corrected chi connectivity index (χ0v) is 6.41. The van der Waals surface area contributed by atoms with Gasteiger partial charge in [0.05, 0.1) is 0 Å². The molecule has 0 aliphatic heterocycles. The Morgan fingerprint density at radius 1 is 0.667 bits per heavy atom. The molecule has 56 valence electrons. The second-order valence-corrected chi connectivity index (χ2v) is 0.136. The molecule has 0 bridgehead atoms. The van der Waals surface area contributed by atoms with Crippen molar-refractivity contribution in [2.24, 2.45) is 0 Å². The maximum absolute atomic E-state index is 7.88. The molecule has 0 spiro atoms. The molecule has 0 aliphatic rings. The minimum atomic E-state index is 0. The van der Waals surface area contributed by atoms with E-state index in [4.69, 9.17) is 21.0 Å². The van der Waals surface area contributed by atoms with E-state index in [2.05, 4.69) is 0 Å². The van der Waals surface area contributed by atoms with Crippen LogP contribution in [0.2, 0.25) is 0 Å². The van der Waals surface area contributed by atoms with Crippen LogP contribution < -0.4 is 21.0 Å². The summed E-state index contributed by atoms with van der Waals surface area (Å²) < 4.78 is 0. The Bertz CT molecular complexity index is 6.53. The van der Waals surface area contributed by atoms with Gasteiger partial charge in [-0.15, -0.1) is 0 Å². The Kier molecular flexibility index (Phi) is 279. The Morgan fingerprint density at radius 2 is 0.667 bits per heavy atom. The molecule has 0 atom stereocenters. The van der Waals surface area contributed by atoms with Gasteiger partial charge in [0, 0.05) is 0 Å². The van der Waals surface area contributed by atoms with Gasteiger partial charge >= 0.3 is 26.2 Å². The zero-order valence-electron chi connectivity index (χ0n) is 3.95. The van der Waals surface area contributed by atoms with Crippen LogP contribution in [0, 0.1) is 0 Å². The smallest absolute Gasteiger partial charge is 0.734 e. The average Bonchev–Trinajstić information content (AvgIpc) is 1.39. The largest absolute Gasteiger partial charge is 4.00 e. The quantitative estimate of drug-likeness (QED) is 0.291. The summed E-state index contributed by atoms with van der Waals surface area (Å²) >= 11 is 0. The molecule has 0 radical (unpaired) electrons. The van der Waals surface area contributed by atoms with Crippen LogP contribution in [-0.2, 0) is 36.3 Å². The van der Waals surface area contributed by atoms with Crippen molar-refractivity contribution in [2.75, 3.05) is 0 Å². The molecule has 0 heterocycles. The van der Waals surface area contributed by atoms with E-state index in [1.165, 1.54) is 0 Å². The predicted octanol–water partition coefficient (Wildman–Crippen LogP) is -6.54. The predicted molar refractivity (Wildman–Crippen MR) is 9.40 cm³/mol. The van der Waals surface area contributed by atoms with Gasteiger partial charge in [0.2, 0.25) is 0 Å². The standard InChI is InChI=1S/2H2O3.2H2O.Zr/c2*1-3-2;;;/h2*1-2H;2*1H2;/q;;;;+4/p-4. The first kappa shape index (κ1) is 33.7. The van der Waals surface area contributed by atoms with Crippen LogP contribution >= 0.6 is 0 Å². The summed E-state index contributed by atoms with van der Waals surface area (Å²) in [7, 11) is 0. The third kappa shape index (κ3) is 1160. The maximum Gasteiger partial charge on any atom is 4.00 e. The molecule has 0 fully saturated rings. The first-order valence-corrected chi connectivity index (χ1v) is 0.667. The minimum absolute atomic E-state index is 0. The monoisotopic (exact) mass is 222 g/mol. The fourth-order valence-corrected chi connectivity index (χ4v) is 0. The number of hydrogen-bond acceptors (Lipinski definition) is 6. The molecule has 8 nitrogen and oxygen atoms in total. The Balaban J connectivity index is -0.00000000889. The van der Waals surface area contributed by atoms with Gasteiger partial charge in [-0.25, -0.2) is 0 Å². The molecular formula is H4O8Zr. The summed E-state index contributed by atoms with van der Waals surface area (Å²) in [5.74, 6) is 0. The third-order valence-corrected chi connectivity index (χ3v) is 0. The second kappa shape index (κ2) is 74.6. The minimum Gasteiger partial charge on any atom is -0.734 e. The summed E-state index contributed by atoms with van der Waals surface area (Å²) in [4.78, 5) is 0. The molecule has 0 saturated heterocycles. The van der Waals surface area contributed by atoms with E-state index in [1.54, 1.807) is 10.1 Å². The molecule has 0 aromatic rings. The zero-order chi connectivity index (χ0) is 5.41. The summed E-state index contributed by atoms with van der Waals surface area (Å²) in [5, 5.41) is 35.0. The molecule has 4 N–H and O–H groups in total. The van der Waals surface area contributed by atoms with Crippen molar-refractivity contribution < 1.29 is 68.3 Å². The number of hydrogen-bond donors (Lipinski definition) is 0. The molecule has 9 heteroatoms. The van der Waals surface area contributed by atoms with Gasteiger partial charge in [-0.05, 0) is 0 Å². The molecule has 0 aromatic carbocycles. The van der Waals surface area contributed by atoms with E-state index in [9.17, 15) is 0 Å². The average molecular weight is 223 g/mol. The summed E-state index contributed by atoms with van der Waals surface area (Å²) in [6.45, 7) is 0. The van der Waals surface area contributed by atoms with Gasteiger partial charge < -0.3 is 42.1 Å². The molecular weight excluding hydrogens is 219 g/mol. The van der Waals surface area contributed by atoms with Crippen LogP contribution in [0.3, 0.4) is 0 Å². The van der Waals surface area contributed by atoms with Gasteiger partial charge in [0.25, 0.3) is 0 Å². The second-order valence-electron chi connectivity index (χ2n) is 0.136. The summed E-state index contributed by atoms with van der Waals surface area (Å²) in [6, 6.07) is 0. The van der Waals surface area contributed by atoms with Crippen molar-refractivity contribution in [2.45, 2.75) is 0 Å². The van der Waals surface area contributed by atoms with Crippen LogP contribution in [0.5, 0.6) is 0 Å². The van der Waals surface area contributed by atoms with Crippen LogP contribution in [0.4, 0.5) is 0 Å². The Morgan fingerprint density at radius 3 is 0.667 bits per heavy atom. The summed E-state index contributed by atoms with van der Waals surface area (Å²) in [5.41, 5.74) is 0. The van der Waals surface area contributed by atoms with Crippen molar-refractivity contribution >= 4 is 0 Å². The number of rotatable bonds is 0. The molecule has 0 saturated carbocycles. The van der Waals surface area contributed by atoms with E-state index in [0.717, 1.165) is 0 Å². The normalized spacial score (nSPS) is 4.00. The van der Waals surface area contributed by atoms with E-state index in [1.807, 2.05) is 0 Å². The molecule has 0 amide bonds. The molecule has 0 aliphatic carbocycles. The molecule has 9 heavy (non-hydrogen) atoms. The van der Waals surface area contributed by atoms with Crippen molar-refractivity contribution in [3.05, 3.63) is 0 Å². The van der Waals surface area contributed by atoms with Crippen LogP contribution in [-0.4, -0.2) is 11.0 Å². The van der Waals surface area contributed by atoms with Crippen molar-refractivity contribution in [1.29, 1.82) is 0 Å². The SMILES string of the molecule is O.O.[O-]O[O-].[O-]O[O-].[Zr+4]. The molecule has 0 unspecified atom stereocenters. The van der Waals surface area contributed by atoms with Crippen molar-refractivity contribution in [3.63, 3.8) is 0 Å². The van der Waals surface area contributed by atoms with Crippen molar-refractivity contribution in [3.8, 4) is 0 Å². The van der Waals surface area contributed by atoms with Gasteiger partial charge in [0.1, 0.15) is 0 Å². The Hall–Kier alpha value is 0.563. The van der Waals surface area contributed by atoms with Gasteiger partial charge in [-0.3, -0.25) is 0 Å². The van der Waals surface area contributed by atoms with Crippen molar-refractivity contribution in [1.82, 2.24) is 0 Å². The van der Waals surface area contributed by atoms with Crippen LogP contribution in [0.15, 0.2) is 0 Å². The van der Waals surface area contributed by atoms with Crippen LogP contribution in [0.25, 0.3) is 0 Å². The van der Waals surface area contributed by atoms with E-state index in [0.29, 0.717) is 0 Å². The topological polar surface area (TPSA) is 174 Å². The molecule has 0 aromatic heterocycles. The first-order valence-electron chi connectivity index (χ1n) is 0.667. The first-order chi connectivity index (χ1) is 2.83.